The minimum atomic E-state index is -0.157. The molecular formula is C5H8F. The molecule has 6 heavy (non-hydrogen) atoms. The highest BCUT2D eigenvalue weighted by molar-refractivity contribution is 4.78. The second-order valence-electron chi connectivity index (χ2n) is 1.01. The third-order valence-electron chi connectivity index (χ3n) is 0.582. The van der Waals surface area contributed by atoms with Crippen molar-refractivity contribution in [2.75, 3.05) is 0 Å². The van der Waals surface area contributed by atoms with Crippen LogP contribution in [0.3, 0.4) is 0 Å². The zero-order valence-electron chi connectivity index (χ0n) is 4.09. The van der Waals surface area contributed by atoms with Gasteiger partial charge in [0.2, 0.25) is 0 Å². The number of allylic oxidation sites excluding steroid dienone is 2. The summed E-state index contributed by atoms with van der Waals surface area (Å²) in [4.78, 5) is 0. The normalized spacial score (nSPS) is 12.2. The topological polar surface area (TPSA) is 0 Å². The Hall–Kier alpha value is -0.330. The van der Waals surface area contributed by atoms with Gasteiger partial charge in [-0.15, -0.1) is 0 Å². The minimum Gasteiger partial charge on any atom is -0.212 e. The number of rotatable bonds is 1. The van der Waals surface area contributed by atoms with Gasteiger partial charge in [-0.3, -0.25) is 0 Å². The van der Waals surface area contributed by atoms with E-state index < -0.39 is 0 Å². The molecule has 1 radical (unpaired) electrons. The first-order valence-corrected chi connectivity index (χ1v) is 2.00. The summed E-state index contributed by atoms with van der Waals surface area (Å²) < 4.78 is 11.7. The highest BCUT2D eigenvalue weighted by Gasteiger charge is 1.80. The Bertz CT molecular complexity index is 55.0. The van der Waals surface area contributed by atoms with E-state index in [2.05, 4.69) is 6.08 Å². The molecule has 0 heterocycles. The fourth-order valence-electron chi connectivity index (χ4n) is 0.177. The van der Waals surface area contributed by atoms with Gasteiger partial charge in [-0.05, 0) is 19.4 Å². The lowest BCUT2D eigenvalue weighted by molar-refractivity contribution is 0.597. The zero-order valence-corrected chi connectivity index (χ0v) is 4.09. The van der Waals surface area contributed by atoms with Crippen LogP contribution in [0.15, 0.2) is 5.83 Å². The molecule has 0 fully saturated rings. The molecule has 0 aromatic carbocycles. The summed E-state index contributed by atoms with van der Waals surface area (Å²) in [6.45, 7) is 3.32. The first-order chi connectivity index (χ1) is 2.81. The lowest BCUT2D eigenvalue weighted by atomic mass is 10.4. The maximum atomic E-state index is 11.7. The molecule has 0 spiro atoms. The average Bonchev–Trinajstić information content (AvgIpc) is 1.65. The van der Waals surface area contributed by atoms with Gasteiger partial charge in [-0.1, -0.05) is 6.92 Å². The average molecular weight is 87.1 g/mol. The van der Waals surface area contributed by atoms with Crippen LogP contribution in [0, 0.1) is 6.08 Å². The van der Waals surface area contributed by atoms with Gasteiger partial charge in [0.25, 0.3) is 0 Å². The van der Waals surface area contributed by atoms with E-state index in [-0.39, 0.29) is 5.83 Å². The van der Waals surface area contributed by atoms with Crippen LogP contribution in [0.2, 0.25) is 0 Å². The van der Waals surface area contributed by atoms with Gasteiger partial charge < -0.3 is 0 Å². The van der Waals surface area contributed by atoms with Gasteiger partial charge in [0.15, 0.2) is 0 Å². The number of hydrogen-bond donors (Lipinski definition) is 0. The van der Waals surface area contributed by atoms with E-state index in [1.165, 1.54) is 0 Å². The minimum absolute atomic E-state index is 0.157. The summed E-state index contributed by atoms with van der Waals surface area (Å²) >= 11 is 0. The zero-order chi connectivity index (χ0) is 4.99. The Kier molecular flexibility index (Phi) is 2.73. The molecule has 0 aliphatic carbocycles. The van der Waals surface area contributed by atoms with E-state index in [0.717, 1.165) is 0 Å². The van der Waals surface area contributed by atoms with Crippen molar-refractivity contribution in [2.45, 2.75) is 20.3 Å². The molecule has 0 aromatic heterocycles. The van der Waals surface area contributed by atoms with Crippen molar-refractivity contribution in [1.29, 1.82) is 0 Å². The van der Waals surface area contributed by atoms with Crippen molar-refractivity contribution in [3.05, 3.63) is 11.9 Å². The van der Waals surface area contributed by atoms with Gasteiger partial charge in [0, 0.05) is 0 Å². The van der Waals surface area contributed by atoms with Crippen LogP contribution in [0.25, 0.3) is 0 Å². The predicted molar refractivity (Wildman–Crippen MR) is 23.8 cm³/mol. The summed E-state index contributed by atoms with van der Waals surface area (Å²) in [5.74, 6) is -0.157. The molecule has 0 amide bonds. The van der Waals surface area contributed by atoms with Crippen LogP contribution in [-0.4, -0.2) is 0 Å². The van der Waals surface area contributed by atoms with Gasteiger partial charge >= 0.3 is 0 Å². The molecule has 0 saturated carbocycles. The van der Waals surface area contributed by atoms with E-state index in [0.29, 0.717) is 6.42 Å². The maximum Gasteiger partial charge on any atom is 0.103 e. The highest BCUT2D eigenvalue weighted by atomic mass is 19.1. The lowest BCUT2D eigenvalue weighted by Crippen LogP contribution is -1.62. The second kappa shape index (κ2) is 2.88. The van der Waals surface area contributed by atoms with Crippen LogP contribution < -0.4 is 0 Å². The van der Waals surface area contributed by atoms with Crippen molar-refractivity contribution in [3.8, 4) is 0 Å². The molecule has 0 nitrogen and oxygen atoms in total. The van der Waals surface area contributed by atoms with E-state index in [1.54, 1.807) is 13.8 Å². The van der Waals surface area contributed by atoms with Crippen LogP contribution in [-0.2, 0) is 0 Å². The molecule has 0 bridgehead atoms. The van der Waals surface area contributed by atoms with E-state index >= 15 is 0 Å². The summed E-state index contributed by atoms with van der Waals surface area (Å²) in [7, 11) is 0. The SMILES string of the molecule is C/[C]=C(\F)CC. The Morgan fingerprint density at radius 1 is 1.83 bits per heavy atom. The van der Waals surface area contributed by atoms with E-state index in [9.17, 15) is 4.39 Å². The largest absolute Gasteiger partial charge is 0.212 e. The summed E-state index contributed by atoms with van der Waals surface area (Å²) in [5.41, 5.74) is 0. The molecular weight excluding hydrogens is 79.1 g/mol. The predicted octanol–water partition coefficient (Wildman–Crippen LogP) is 2.07. The van der Waals surface area contributed by atoms with Crippen molar-refractivity contribution in [2.24, 2.45) is 0 Å². The molecule has 0 aliphatic heterocycles. The Balaban J connectivity index is 3.22. The van der Waals surface area contributed by atoms with Crippen molar-refractivity contribution < 1.29 is 4.39 Å². The third-order valence-corrected chi connectivity index (χ3v) is 0.582. The molecule has 0 saturated heterocycles. The van der Waals surface area contributed by atoms with Gasteiger partial charge in [0.05, 0.1) is 0 Å². The molecule has 0 atom stereocenters. The Morgan fingerprint density at radius 2 is 2.33 bits per heavy atom. The Morgan fingerprint density at radius 3 is 2.33 bits per heavy atom. The molecule has 0 unspecified atom stereocenters. The smallest absolute Gasteiger partial charge is 0.103 e. The van der Waals surface area contributed by atoms with Crippen LogP contribution in [0.5, 0.6) is 0 Å². The van der Waals surface area contributed by atoms with E-state index in [4.69, 9.17) is 0 Å². The van der Waals surface area contributed by atoms with Crippen molar-refractivity contribution in [1.82, 2.24) is 0 Å². The van der Waals surface area contributed by atoms with Crippen LogP contribution in [0.1, 0.15) is 20.3 Å². The standard InChI is InChI=1S/C5H8F/c1-3-5(6)4-2/h3H2,1-2H3. The summed E-state index contributed by atoms with van der Waals surface area (Å²) in [6.07, 6.45) is 2.83. The molecule has 0 N–H and O–H groups in total. The first kappa shape index (κ1) is 5.67. The summed E-state index contributed by atoms with van der Waals surface area (Å²) in [6, 6.07) is 0. The molecule has 1 heteroatoms. The maximum absolute atomic E-state index is 11.7. The third kappa shape index (κ3) is 1.94. The van der Waals surface area contributed by atoms with E-state index in [1.807, 2.05) is 0 Å². The molecule has 0 rings (SSSR count). The molecule has 0 aromatic rings. The molecule has 0 aliphatic rings. The number of hydrogen-bond acceptors (Lipinski definition) is 0. The first-order valence-electron chi connectivity index (χ1n) is 2.00. The van der Waals surface area contributed by atoms with Crippen molar-refractivity contribution >= 4 is 0 Å². The quantitative estimate of drug-likeness (QED) is 0.459. The molecule has 35 valence electrons. The van der Waals surface area contributed by atoms with Gasteiger partial charge in [0.1, 0.15) is 5.83 Å². The van der Waals surface area contributed by atoms with Crippen molar-refractivity contribution in [3.63, 3.8) is 0 Å². The van der Waals surface area contributed by atoms with Crippen LogP contribution in [0.4, 0.5) is 4.39 Å². The highest BCUT2D eigenvalue weighted by Crippen LogP contribution is 1.97. The summed E-state index contributed by atoms with van der Waals surface area (Å²) in [5, 5.41) is 0. The lowest BCUT2D eigenvalue weighted by Gasteiger charge is -1.78. The Labute approximate surface area is 37.7 Å². The van der Waals surface area contributed by atoms with Gasteiger partial charge in [-0.2, -0.15) is 0 Å². The van der Waals surface area contributed by atoms with Gasteiger partial charge in [-0.25, -0.2) is 4.39 Å². The van der Waals surface area contributed by atoms with Crippen LogP contribution >= 0.6 is 0 Å². The second-order valence-corrected chi connectivity index (χ2v) is 1.01. The fraction of sp³-hybridized carbons (Fsp3) is 0.600. The number of halogens is 1. The monoisotopic (exact) mass is 87.1 g/mol. The fourth-order valence-corrected chi connectivity index (χ4v) is 0.177.